The van der Waals surface area contributed by atoms with E-state index in [4.69, 9.17) is 20.9 Å². The van der Waals surface area contributed by atoms with E-state index in [0.29, 0.717) is 48.4 Å². The summed E-state index contributed by atoms with van der Waals surface area (Å²) in [5, 5.41) is 14.0. The monoisotopic (exact) mass is 860 g/mol. The number of nitrogens with two attached hydrogens (primary N) is 2. The van der Waals surface area contributed by atoms with Gasteiger partial charge in [0.05, 0.1) is 6.54 Å². The first-order valence-corrected chi connectivity index (χ1v) is 21.3. The molecule has 4 aromatic rings. The van der Waals surface area contributed by atoms with Crippen molar-refractivity contribution in [3.05, 3.63) is 138 Å². The van der Waals surface area contributed by atoms with Crippen molar-refractivity contribution in [3.63, 3.8) is 0 Å². The van der Waals surface area contributed by atoms with Crippen molar-refractivity contribution >= 4 is 35.6 Å². The molecule has 0 spiro atoms. The minimum atomic E-state index is -1.29. The summed E-state index contributed by atoms with van der Waals surface area (Å²) in [5.41, 5.74) is 14.2. The van der Waals surface area contributed by atoms with Crippen molar-refractivity contribution in [2.45, 2.75) is 81.4 Å². The summed E-state index contributed by atoms with van der Waals surface area (Å²) in [5.74, 6) is -2.70. The van der Waals surface area contributed by atoms with Crippen LogP contribution in [0.3, 0.4) is 0 Å². The maximum atomic E-state index is 14.9. The van der Waals surface area contributed by atoms with Gasteiger partial charge in [-0.1, -0.05) is 103 Å². The van der Waals surface area contributed by atoms with Gasteiger partial charge in [-0.25, -0.2) is 4.79 Å². The van der Waals surface area contributed by atoms with Gasteiger partial charge in [0, 0.05) is 32.4 Å². The van der Waals surface area contributed by atoms with E-state index in [1.807, 2.05) is 48.5 Å². The van der Waals surface area contributed by atoms with Gasteiger partial charge in [0.1, 0.15) is 48.7 Å². The summed E-state index contributed by atoms with van der Waals surface area (Å²) < 4.78 is 11.6. The molecule has 4 aromatic carbocycles. The normalized spacial score (nSPS) is 22.0. The molecule has 16 nitrogen and oxygen atoms in total. The van der Waals surface area contributed by atoms with Gasteiger partial charge in [-0.2, -0.15) is 0 Å². The van der Waals surface area contributed by atoms with Crippen LogP contribution in [0.4, 0.5) is 4.79 Å². The van der Waals surface area contributed by atoms with Gasteiger partial charge in [-0.3, -0.25) is 24.0 Å². The van der Waals surface area contributed by atoms with Crippen molar-refractivity contribution in [2.75, 3.05) is 26.2 Å². The Kier molecular flexibility index (Phi) is 16.6. The molecule has 63 heavy (non-hydrogen) atoms. The lowest BCUT2D eigenvalue weighted by atomic mass is 10.0. The number of rotatable bonds is 15. The third-order valence-corrected chi connectivity index (χ3v) is 10.9. The van der Waals surface area contributed by atoms with Gasteiger partial charge in [0.25, 0.3) is 0 Å². The van der Waals surface area contributed by atoms with Gasteiger partial charge in [-0.15, -0.1) is 0 Å². The minimum Gasteiger partial charge on any atom is -0.489 e. The first-order valence-electron chi connectivity index (χ1n) is 21.3. The third kappa shape index (κ3) is 13.1. The molecule has 0 saturated carbocycles. The summed E-state index contributed by atoms with van der Waals surface area (Å²) in [6, 6.07) is 28.3. The van der Waals surface area contributed by atoms with Crippen LogP contribution in [0.1, 0.15) is 54.0 Å². The second-order valence-electron chi connectivity index (χ2n) is 15.6. The highest BCUT2D eigenvalue weighted by Gasteiger charge is 2.45. The highest BCUT2D eigenvalue weighted by molar-refractivity contribution is 5.98. The molecule has 2 aliphatic rings. The predicted molar refractivity (Wildman–Crippen MR) is 235 cm³/mol. The van der Waals surface area contributed by atoms with E-state index >= 15 is 0 Å². The molecule has 0 unspecified atom stereocenters. The van der Waals surface area contributed by atoms with E-state index in [9.17, 15) is 28.8 Å². The number of hydrogen-bond donors (Lipinski definition) is 7. The highest BCUT2D eigenvalue weighted by Crippen LogP contribution is 2.25. The zero-order valence-corrected chi connectivity index (χ0v) is 35.1. The molecule has 6 rings (SSSR count). The predicted octanol–water partition coefficient (Wildman–Crippen LogP) is 2.16. The molecule has 0 aromatic heterocycles. The number of nitrogens with zero attached hydrogens (tertiary/aromatic N) is 1. The third-order valence-electron chi connectivity index (χ3n) is 10.9. The molecule has 0 bridgehead atoms. The van der Waals surface area contributed by atoms with Crippen LogP contribution in [0.25, 0.3) is 0 Å². The summed E-state index contributed by atoms with van der Waals surface area (Å²) in [6.45, 7) is 0.846. The maximum absolute atomic E-state index is 14.9. The number of unbranched alkanes of at least 4 members (excludes halogenated alkanes) is 1. The minimum absolute atomic E-state index is 0.0130. The molecular weight excluding hydrogens is 805 g/mol. The van der Waals surface area contributed by atoms with Crippen LogP contribution in [0.5, 0.6) is 5.75 Å². The van der Waals surface area contributed by atoms with E-state index in [1.165, 1.54) is 4.90 Å². The Morgan fingerprint density at radius 1 is 0.635 bits per heavy atom. The fraction of sp³-hybridized carbons (Fsp3) is 0.362. The molecular formula is C47H56N8O8. The quantitative estimate of drug-likeness (QED) is 0.0861. The van der Waals surface area contributed by atoms with Gasteiger partial charge in [0.15, 0.2) is 0 Å². The average Bonchev–Trinajstić information content (AvgIpc) is 3.73. The van der Waals surface area contributed by atoms with Crippen LogP contribution >= 0.6 is 0 Å². The maximum Gasteiger partial charge on any atom is 0.407 e. The SMILES string of the molecule is NCCCC[C@@H]1NC(=O)[C@H](c2ccccc2)NC(=O)[C@@H]2C[C@@H](OC(=O)NCCN)CN2C(=O)[C@H](Cc2ccccc2)NC(=O)[C@H](Cc2ccc(OCc3ccccc3)cc2)NC1=O. The number of amides is 6. The van der Waals surface area contributed by atoms with E-state index < -0.39 is 71.9 Å². The summed E-state index contributed by atoms with van der Waals surface area (Å²) in [4.78, 5) is 86.6. The van der Waals surface area contributed by atoms with Crippen molar-refractivity contribution in [1.29, 1.82) is 0 Å². The Balaban J connectivity index is 1.37. The van der Waals surface area contributed by atoms with Gasteiger partial charge in [0.2, 0.25) is 29.5 Å². The Bertz CT molecular complexity index is 2150. The highest BCUT2D eigenvalue weighted by atomic mass is 16.6. The second kappa shape index (κ2) is 22.9. The van der Waals surface area contributed by atoms with Gasteiger partial charge < -0.3 is 52.4 Å². The molecule has 6 amide bonds. The zero-order valence-electron chi connectivity index (χ0n) is 35.1. The lowest BCUT2D eigenvalue weighted by molar-refractivity contribution is -0.142. The number of carbonyl (C=O) groups is 6. The van der Waals surface area contributed by atoms with Crippen LogP contribution < -0.4 is 42.8 Å². The van der Waals surface area contributed by atoms with Crippen molar-refractivity contribution in [3.8, 4) is 5.75 Å². The first kappa shape index (κ1) is 45.7. The number of ether oxygens (including phenoxy) is 2. The van der Waals surface area contributed by atoms with Gasteiger partial charge >= 0.3 is 6.09 Å². The molecule has 9 N–H and O–H groups in total. The topological polar surface area (TPSA) is 236 Å². The summed E-state index contributed by atoms with van der Waals surface area (Å²) >= 11 is 0. The van der Waals surface area contributed by atoms with Crippen LogP contribution in [0.2, 0.25) is 0 Å². The Morgan fingerprint density at radius 3 is 1.89 bits per heavy atom. The van der Waals surface area contributed by atoms with Crippen LogP contribution in [-0.2, 0) is 48.2 Å². The van der Waals surface area contributed by atoms with Crippen molar-refractivity contribution in [2.24, 2.45) is 11.5 Å². The first-order chi connectivity index (χ1) is 30.6. The van der Waals surface area contributed by atoms with Crippen molar-refractivity contribution < 1.29 is 38.2 Å². The number of hydrogen-bond acceptors (Lipinski definition) is 10. The fourth-order valence-corrected chi connectivity index (χ4v) is 7.65. The molecule has 2 fully saturated rings. The standard InChI is InChI=1S/C47H56N8O8/c48-23-11-10-18-37-42(56)52-38(26-32-19-21-35(22-20-32)62-30-33-14-6-2-7-15-33)43(57)53-39(27-31-12-4-1-5-13-31)46(60)55-29-36(63-47(61)50-25-24-49)28-40(55)44(58)54-41(45(59)51-37)34-16-8-3-9-17-34/h1-9,12-17,19-22,36-41H,10-11,18,23-30,48-49H2,(H,50,61)(H,51,59)(H,52,56)(H,53,57)(H,54,58)/t36-,37+,38+,39+,40+,41+/m1/s1. The molecule has 2 heterocycles. The fourth-order valence-electron chi connectivity index (χ4n) is 7.65. The van der Waals surface area contributed by atoms with E-state index in [2.05, 4.69) is 26.6 Å². The summed E-state index contributed by atoms with van der Waals surface area (Å²) in [7, 11) is 0. The smallest absolute Gasteiger partial charge is 0.407 e. The van der Waals surface area contributed by atoms with Gasteiger partial charge in [-0.05, 0) is 60.2 Å². The van der Waals surface area contributed by atoms with E-state index in [-0.39, 0.29) is 45.3 Å². The van der Waals surface area contributed by atoms with E-state index in [1.54, 1.807) is 66.7 Å². The lowest BCUT2D eigenvalue weighted by Gasteiger charge is -2.30. The Labute approximate surface area is 366 Å². The molecule has 6 atom stereocenters. The molecule has 2 aliphatic heterocycles. The Hall–Kier alpha value is -6.78. The molecule has 2 saturated heterocycles. The second-order valence-corrected chi connectivity index (χ2v) is 15.6. The number of carbonyl (C=O) groups excluding carboxylic acids is 6. The number of benzene rings is 4. The molecule has 0 aliphatic carbocycles. The zero-order chi connectivity index (χ0) is 44.6. The van der Waals surface area contributed by atoms with Crippen LogP contribution in [-0.4, -0.2) is 97.0 Å². The number of nitrogens with one attached hydrogen (secondary N) is 5. The Morgan fingerprint density at radius 2 is 1.22 bits per heavy atom. The van der Waals surface area contributed by atoms with Crippen LogP contribution in [0.15, 0.2) is 115 Å². The molecule has 332 valence electrons. The molecule has 16 heteroatoms. The largest absolute Gasteiger partial charge is 0.489 e. The number of alkyl carbamates (subject to hydrolysis) is 1. The lowest BCUT2D eigenvalue weighted by Crippen LogP contribution is -2.58. The molecule has 0 radical (unpaired) electrons. The van der Waals surface area contributed by atoms with Crippen molar-refractivity contribution in [1.82, 2.24) is 31.5 Å². The summed E-state index contributed by atoms with van der Waals surface area (Å²) in [6.07, 6.45) is -0.524. The average molecular weight is 861 g/mol. The number of fused-ring (bicyclic) bond motifs is 1. The van der Waals surface area contributed by atoms with E-state index in [0.717, 1.165) is 5.56 Å². The van der Waals surface area contributed by atoms with Crippen LogP contribution in [0, 0.1) is 0 Å².